The molecule has 0 spiro atoms. The van der Waals surface area contributed by atoms with Gasteiger partial charge in [0.05, 0.1) is 17.0 Å². The van der Waals surface area contributed by atoms with Gasteiger partial charge in [-0.25, -0.2) is 0 Å². The standard InChI is InChI=1S/C26H29NO3S/c1-20-13-15-24(16-14-20)31(28,29)30-25-19-27(18-17-21(25)2)26(22-9-5-3-6-10-22)23-11-7-4-8-12-23/h3-16,21,25-26H,17-19H2,1-2H3. The van der Waals surface area contributed by atoms with E-state index in [1.54, 1.807) is 24.3 Å². The molecule has 0 bridgehead atoms. The van der Waals surface area contributed by atoms with Gasteiger partial charge in [-0.3, -0.25) is 9.08 Å². The van der Waals surface area contributed by atoms with Crippen LogP contribution in [0.25, 0.3) is 0 Å². The minimum absolute atomic E-state index is 0.0584. The average molecular weight is 436 g/mol. The van der Waals surface area contributed by atoms with Crippen molar-refractivity contribution in [1.82, 2.24) is 4.90 Å². The molecule has 31 heavy (non-hydrogen) atoms. The third kappa shape index (κ3) is 5.06. The van der Waals surface area contributed by atoms with Crippen LogP contribution in [0, 0.1) is 12.8 Å². The number of nitrogens with zero attached hydrogens (tertiary/aromatic N) is 1. The van der Waals surface area contributed by atoms with Gasteiger partial charge in [0.25, 0.3) is 10.1 Å². The Bertz CT molecular complexity index is 1040. The first-order chi connectivity index (χ1) is 14.9. The van der Waals surface area contributed by atoms with Crippen LogP contribution in [0.2, 0.25) is 0 Å². The van der Waals surface area contributed by atoms with E-state index in [0.717, 1.165) is 18.5 Å². The Labute approximate surface area is 185 Å². The summed E-state index contributed by atoms with van der Waals surface area (Å²) in [6.45, 7) is 5.46. The van der Waals surface area contributed by atoms with Gasteiger partial charge in [-0.15, -0.1) is 0 Å². The van der Waals surface area contributed by atoms with Gasteiger partial charge in [0.1, 0.15) is 0 Å². The summed E-state index contributed by atoms with van der Waals surface area (Å²) < 4.78 is 31.7. The Balaban J connectivity index is 1.60. The first kappa shape index (κ1) is 21.8. The van der Waals surface area contributed by atoms with Crippen LogP contribution in [0.5, 0.6) is 0 Å². The molecular weight excluding hydrogens is 406 g/mol. The summed E-state index contributed by atoms with van der Waals surface area (Å²) in [4.78, 5) is 2.56. The fourth-order valence-electron chi connectivity index (χ4n) is 4.23. The lowest BCUT2D eigenvalue weighted by Crippen LogP contribution is -2.46. The summed E-state index contributed by atoms with van der Waals surface area (Å²) in [5.74, 6) is 0.156. The van der Waals surface area contributed by atoms with Gasteiger partial charge in [-0.05, 0) is 49.1 Å². The quantitative estimate of drug-likeness (QED) is 0.499. The largest absolute Gasteiger partial charge is 0.297 e. The number of aryl methyl sites for hydroxylation is 1. The summed E-state index contributed by atoms with van der Waals surface area (Å²) >= 11 is 0. The molecule has 1 saturated heterocycles. The van der Waals surface area contributed by atoms with E-state index >= 15 is 0 Å². The third-order valence-corrected chi connectivity index (χ3v) is 7.43. The first-order valence-electron chi connectivity index (χ1n) is 10.8. The number of likely N-dealkylation sites (tertiary alicyclic amines) is 1. The van der Waals surface area contributed by atoms with Crippen LogP contribution in [-0.2, 0) is 14.3 Å². The van der Waals surface area contributed by atoms with Crippen molar-refractivity contribution < 1.29 is 12.6 Å². The zero-order chi connectivity index (χ0) is 21.8. The highest BCUT2D eigenvalue weighted by Crippen LogP contribution is 2.34. The number of rotatable bonds is 6. The maximum atomic E-state index is 12.9. The molecule has 4 rings (SSSR count). The highest BCUT2D eigenvalue weighted by Gasteiger charge is 2.35. The molecule has 5 heteroatoms. The molecule has 1 fully saturated rings. The molecule has 162 valence electrons. The predicted octanol–water partition coefficient (Wildman–Crippen LogP) is 5.20. The molecule has 3 aromatic carbocycles. The molecule has 4 nitrogen and oxygen atoms in total. The van der Waals surface area contributed by atoms with E-state index in [2.05, 4.69) is 36.1 Å². The van der Waals surface area contributed by atoms with E-state index in [1.807, 2.05) is 43.3 Å². The van der Waals surface area contributed by atoms with E-state index in [0.29, 0.717) is 6.54 Å². The molecule has 1 aliphatic heterocycles. The summed E-state index contributed by atoms with van der Waals surface area (Å²) in [6.07, 6.45) is 0.486. The number of hydrogen-bond donors (Lipinski definition) is 0. The van der Waals surface area contributed by atoms with Crippen molar-refractivity contribution in [2.24, 2.45) is 5.92 Å². The Morgan fingerprint density at radius 1 is 0.871 bits per heavy atom. The molecule has 1 heterocycles. The van der Waals surface area contributed by atoms with Crippen molar-refractivity contribution in [2.75, 3.05) is 13.1 Å². The van der Waals surface area contributed by atoms with Crippen LogP contribution in [-0.4, -0.2) is 32.5 Å². The van der Waals surface area contributed by atoms with Crippen molar-refractivity contribution >= 4 is 10.1 Å². The second-order valence-electron chi connectivity index (χ2n) is 8.39. The van der Waals surface area contributed by atoms with Crippen LogP contribution in [0.15, 0.2) is 89.8 Å². The number of hydrogen-bond acceptors (Lipinski definition) is 4. The van der Waals surface area contributed by atoms with Gasteiger partial charge in [-0.2, -0.15) is 8.42 Å². The van der Waals surface area contributed by atoms with Crippen molar-refractivity contribution in [3.63, 3.8) is 0 Å². The molecule has 1 aliphatic rings. The summed E-state index contributed by atoms with van der Waals surface area (Å²) in [6, 6.07) is 27.7. The van der Waals surface area contributed by atoms with E-state index < -0.39 is 16.2 Å². The third-order valence-electron chi connectivity index (χ3n) is 6.08. The molecule has 0 aromatic heterocycles. The van der Waals surface area contributed by atoms with Gasteiger partial charge in [0, 0.05) is 6.54 Å². The summed E-state index contributed by atoms with van der Waals surface area (Å²) in [5, 5.41) is 0. The van der Waals surface area contributed by atoms with Crippen molar-refractivity contribution in [1.29, 1.82) is 0 Å². The van der Waals surface area contributed by atoms with Gasteiger partial charge in [0.15, 0.2) is 0 Å². The van der Waals surface area contributed by atoms with Crippen molar-refractivity contribution in [3.8, 4) is 0 Å². The lowest BCUT2D eigenvalue weighted by molar-refractivity contribution is 0.0369. The second-order valence-corrected chi connectivity index (χ2v) is 9.96. The number of benzene rings is 3. The summed E-state index contributed by atoms with van der Waals surface area (Å²) in [5.41, 5.74) is 3.41. The van der Waals surface area contributed by atoms with Crippen LogP contribution in [0.4, 0.5) is 0 Å². The maximum absolute atomic E-state index is 12.9. The van der Waals surface area contributed by atoms with Crippen LogP contribution < -0.4 is 0 Å². The molecule has 0 saturated carbocycles. The van der Waals surface area contributed by atoms with E-state index in [9.17, 15) is 8.42 Å². The second kappa shape index (κ2) is 9.35. The molecule has 3 aromatic rings. The first-order valence-corrected chi connectivity index (χ1v) is 12.2. The highest BCUT2D eigenvalue weighted by atomic mass is 32.2. The Hall–Kier alpha value is -2.47. The van der Waals surface area contributed by atoms with E-state index in [4.69, 9.17) is 4.18 Å². The fourth-order valence-corrected chi connectivity index (χ4v) is 5.38. The van der Waals surface area contributed by atoms with E-state index in [1.165, 1.54) is 11.1 Å². The molecule has 2 atom stereocenters. The zero-order valence-corrected chi connectivity index (χ0v) is 18.8. The van der Waals surface area contributed by atoms with Crippen molar-refractivity contribution in [3.05, 3.63) is 102 Å². The fraction of sp³-hybridized carbons (Fsp3) is 0.308. The normalized spacial score (nSPS) is 20.1. The molecule has 0 amide bonds. The van der Waals surface area contributed by atoms with Crippen LogP contribution >= 0.6 is 0 Å². The van der Waals surface area contributed by atoms with Gasteiger partial charge in [-0.1, -0.05) is 85.3 Å². The average Bonchev–Trinajstić information content (AvgIpc) is 2.78. The van der Waals surface area contributed by atoms with E-state index in [-0.39, 0.29) is 16.9 Å². The summed E-state index contributed by atoms with van der Waals surface area (Å²) in [7, 11) is -3.81. The number of piperidine rings is 1. The molecule has 0 aliphatic carbocycles. The minimum Gasteiger partial charge on any atom is -0.290 e. The van der Waals surface area contributed by atoms with Crippen molar-refractivity contribution in [2.45, 2.75) is 37.3 Å². The topological polar surface area (TPSA) is 46.6 Å². The smallest absolute Gasteiger partial charge is 0.290 e. The Morgan fingerprint density at radius 2 is 1.42 bits per heavy atom. The minimum atomic E-state index is -3.81. The zero-order valence-electron chi connectivity index (χ0n) is 18.0. The van der Waals surface area contributed by atoms with Gasteiger partial charge >= 0.3 is 0 Å². The lowest BCUT2D eigenvalue weighted by Gasteiger charge is -2.41. The van der Waals surface area contributed by atoms with Gasteiger partial charge in [0.2, 0.25) is 0 Å². The SMILES string of the molecule is Cc1ccc(S(=O)(=O)OC2CN(C(c3ccccc3)c3ccccc3)CCC2C)cc1. The van der Waals surface area contributed by atoms with Crippen LogP contribution in [0.3, 0.4) is 0 Å². The monoisotopic (exact) mass is 435 g/mol. The Morgan fingerprint density at radius 3 is 1.97 bits per heavy atom. The maximum Gasteiger partial charge on any atom is 0.297 e. The molecule has 0 radical (unpaired) electrons. The molecule has 0 N–H and O–H groups in total. The highest BCUT2D eigenvalue weighted by molar-refractivity contribution is 7.86. The Kier molecular flexibility index (Phi) is 6.56. The molecular formula is C26H29NO3S. The lowest BCUT2D eigenvalue weighted by atomic mass is 9.90. The van der Waals surface area contributed by atoms with Gasteiger partial charge < -0.3 is 0 Å². The molecule has 2 unspecified atom stereocenters. The van der Waals surface area contributed by atoms with Crippen LogP contribution in [0.1, 0.15) is 36.1 Å². The predicted molar refractivity (Wildman–Crippen MR) is 123 cm³/mol.